The van der Waals surface area contributed by atoms with Gasteiger partial charge in [0.25, 0.3) is 0 Å². The van der Waals surface area contributed by atoms with Crippen molar-refractivity contribution in [2.45, 2.75) is 42.4 Å². The van der Waals surface area contributed by atoms with E-state index in [0.29, 0.717) is 6.04 Å². The smallest absolute Gasteiger partial charge is 0.490 e. The Labute approximate surface area is 245 Å². The second-order valence-corrected chi connectivity index (χ2v) is 12.5. The molecular weight excluding hydrogens is 591 g/mol. The molecule has 0 saturated heterocycles. The number of fused-ring (bicyclic) bond motifs is 1. The van der Waals surface area contributed by atoms with Gasteiger partial charge in [-0.25, -0.2) is 17.9 Å². The van der Waals surface area contributed by atoms with Crippen LogP contribution < -0.4 is 14.8 Å². The second kappa shape index (κ2) is 13.5. The Morgan fingerprint density at radius 3 is 2.31 bits per heavy atom. The normalized spacial score (nSPS) is 13.2. The number of aliphatic carboxylic acids is 1. The average Bonchev–Trinajstić information content (AvgIpc) is 3.63. The number of benzene rings is 2. The first-order valence-electron chi connectivity index (χ1n) is 12.7. The third kappa shape index (κ3) is 8.16. The zero-order valence-electron chi connectivity index (χ0n) is 22.4. The molecule has 0 spiro atoms. The SMILES string of the molecule is COc1ccc(CNC2Cc3ccccc3C2)cc1-c1ccc(S(=O)(=O)NCc2cccnc2)s1.O=C(O)C(F)(F)F. The Morgan fingerprint density at radius 1 is 1.02 bits per heavy atom. The van der Waals surface area contributed by atoms with E-state index in [4.69, 9.17) is 14.6 Å². The van der Waals surface area contributed by atoms with Gasteiger partial charge in [-0.1, -0.05) is 36.4 Å². The van der Waals surface area contributed by atoms with Crippen molar-refractivity contribution in [3.8, 4) is 16.2 Å². The maximum Gasteiger partial charge on any atom is 0.490 e. The molecule has 42 heavy (non-hydrogen) atoms. The molecular formula is C29H28F3N3O5S2. The number of thiophene rings is 1. The van der Waals surface area contributed by atoms with Gasteiger partial charge in [-0.15, -0.1) is 11.3 Å². The lowest BCUT2D eigenvalue weighted by Crippen LogP contribution is -2.28. The van der Waals surface area contributed by atoms with Crippen molar-refractivity contribution in [1.82, 2.24) is 15.0 Å². The summed E-state index contributed by atoms with van der Waals surface area (Å²) in [4.78, 5) is 13.8. The first-order chi connectivity index (χ1) is 20.0. The molecule has 0 radical (unpaired) electrons. The molecule has 5 rings (SSSR count). The van der Waals surface area contributed by atoms with Crippen LogP contribution in [-0.4, -0.2) is 43.8 Å². The number of carbonyl (C=O) groups is 1. The number of hydrogen-bond acceptors (Lipinski definition) is 7. The average molecular weight is 620 g/mol. The number of ether oxygens (including phenoxy) is 1. The minimum Gasteiger partial charge on any atom is -0.496 e. The Bertz CT molecular complexity index is 1600. The number of alkyl halides is 3. The number of nitrogens with zero attached hydrogens (tertiary/aromatic N) is 1. The molecule has 222 valence electrons. The van der Waals surface area contributed by atoms with Crippen LogP contribution in [0.4, 0.5) is 13.2 Å². The molecule has 0 aliphatic heterocycles. The van der Waals surface area contributed by atoms with Crippen LogP contribution in [0.3, 0.4) is 0 Å². The molecule has 0 unspecified atom stereocenters. The van der Waals surface area contributed by atoms with Crippen LogP contribution in [0.25, 0.3) is 10.4 Å². The highest BCUT2D eigenvalue weighted by Gasteiger charge is 2.38. The first-order valence-corrected chi connectivity index (χ1v) is 15.0. The van der Waals surface area contributed by atoms with Crippen LogP contribution in [0.2, 0.25) is 0 Å². The zero-order chi connectivity index (χ0) is 30.3. The number of carboxylic acids is 1. The fourth-order valence-corrected chi connectivity index (χ4v) is 6.77. The summed E-state index contributed by atoms with van der Waals surface area (Å²) in [6.07, 6.45) is 0.305. The lowest BCUT2D eigenvalue weighted by Gasteiger charge is -2.14. The van der Waals surface area contributed by atoms with E-state index in [0.717, 1.165) is 46.7 Å². The van der Waals surface area contributed by atoms with Gasteiger partial charge in [0, 0.05) is 42.0 Å². The summed E-state index contributed by atoms with van der Waals surface area (Å²) in [5, 5.41) is 10.8. The molecule has 3 N–H and O–H groups in total. The quantitative estimate of drug-likeness (QED) is 0.236. The Hall–Kier alpha value is -3.78. The summed E-state index contributed by atoms with van der Waals surface area (Å²) < 4.78 is 66.0. The van der Waals surface area contributed by atoms with Gasteiger partial charge in [-0.05, 0) is 65.4 Å². The van der Waals surface area contributed by atoms with Crippen molar-refractivity contribution in [3.63, 3.8) is 0 Å². The molecule has 0 saturated carbocycles. The number of aromatic nitrogens is 1. The van der Waals surface area contributed by atoms with E-state index >= 15 is 0 Å². The summed E-state index contributed by atoms with van der Waals surface area (Å²) in [5.74, 6) is -2.04. The fourth-order valence-electron chi connectivity index (χ4n) is 4.38. The van der Waals surface area contributed by atoms with E-state index in [9.17, 15) is 21.6 Å². The van der Waals surface area contributed by atoms with Crippen LogP contribution in [0, 0.1) is 0 Å². The van der Waals surface area contributed by atoms with E-state index in [1.165, 1.54) is 22.5 Å². The van der Waals surface area contributed by atoms with E-state index < -0.39 is 22.2 Å². The summed E-state index contributed by atoms with van der Waals surface area (Å²) in [6.45, 7) is 0.928. The van der Waals surface area contributed by atoms with Crippen molar-refractivity contribution in [3.05, 3.63) is 101 Å². The molecule has 1 aliphatic carbocycles. The largest absolute Gasteiger partial charge is 0.496 e. The maximum atomic E-state index is 12.9. The highest BCUT2D eigenvalue weighted by atomic mass is 32.2. The zero-order valence-corrected chi connectivity index (χ0v) is 24.0. The van der Waals surface area contributed by atoms with Crippen LogP contribution in [0.15, 0.2) is 83.3 Å². The molecule has 2 heterocycles. The van der Waals surface area contributed by atoms with Gasteiger partial charge in [0.05, 0.1) is 7.11 Å². The third-order valence-electron chi connectivity index (χ3n) is 6.45. The number of rotatable bonds is 9. The third-order valence-corrected chi connectivity index (χ3v) is 9.46. The minimum atomic E-state index is -5.08. The summed E-state index contributed by atoms with van der Waals surface area (Å²) in [6, 6.07) is 22.2. The summed E-state index contributed by atoms with van der Waals surface area (Å²) in [5.41, 5.74) is 5.67. The predicted octanol–water partition coefficient (Wildman–Crippen LogP) is 5.19. The Morgan fingerprint density at radius 2 is 1.71 bits per heavy atom. The number of halogens is 3. The van der Waals surface area contributed by atoms with E-state index in [1.807, 2.05) is 18.2 Å². The summed E-state index contributed by atoms with van der Waals surface area (Å²) >= 11 is 1.23. The highest BCUT2D eigenvalue weighted by Crippen LogP contribution is 2.37. The Balaban J connectivity index is 0.000000517. The first kappa shape index (κ1) is 31.2. The van der Waals surface area contributed by atoms with Crippen molar-refractivity contribution in [2.24, 2.45) is 0 Å². The number of sulfonamides is 1. The standard InChI is InChI=1S/C27H27N3O3S2.C2HF3O2/c1-33-25-9-8-19(17-29-23-14-21-6-2-3-7-22(21)15-23)13-24(25)26-10-11-27(34-26)35(31,32)30-18-20-5-4-12-28-16-20;3-2(4,5)1(6)7/h2-13,16,23,29-30H,14-15,17-18H2,1H3;(H,6,7). The fraction of sp³-hybridized carbons (Fsp3) is 0.241. The maximum absolute atomic E-state index is 12.9. The predicted molar refractivity (Wildman–Crippen MR) is 153 cm³/mol. The van der Waals surface area contributed by atoms with Gasteiger partial charge < -0.3 is 15.2 Å². The molecule has 0 bridgehead atoms. The Kier molecular flexibility index (Phi) is 9.99. The number of nitrogens with one attached hydrogen (secondary N) is 2. The van der Waals surface area contributed by atoms with Crippen LogP contribution in [0.1, 0.15) is 22.3 Å². The minimum absolute atomic E-state index is 0.193. The number of methoxy groups -OCH3 is 1. The van der Waals surface area contributed by atoms with Gasteiger partial charge in [-0.2, -0.15) is 13.2 Å². The second-order valence-electron chi connectivity index (χ2n) is 9.40. The van der Waals surface area contributed by atoms with Crippen molar-refractivity contribution < 1.29 is 36.2 Å². The number of pyridine rings is 1. The molecule has 2 aromatic carbocycles. The summed E-state index contributed by atoms with van der Waals surface area (Å²) in [7, 11) is -2.00. The molecule has 1 aliphatic rings. The number of hydrogen-bond donors (Lipinski definition) is 3. The van der Waals surface area contributed by atoms with Gasteiger partial charge in [0.1, 0.15) is 9.96 Å². The van der Waals surface area contributed by atoms with Crippen LogP contribution >= 0.6 is 11.3 Å². The van der Waals surface area contributed by atoms with Crippen molar-refractivity contribution in [1.29, 1.82) is 0 Å². The van der Waals surface area contributed by atoms with Crippen molar-refractivity contribution in [2.75, 3.05) is 7.11 Å². The number of carboxylic acid groups (broad SMARTS) is 1. The molecule has 8 nitrogen and oxygen atoms in total. The molecule has 2 aromatic heterocycles. The lowest BCUT2D eigenvalue weighted by atomic mass is 10.1. The molecule has 0 amide bonds. The van der Waals surface area contributed by atoms with E-state index in [-0.39, 0.29) is 10.8 Å². The van der Waals surface area contributed by atoms with Gasteiger partial charge in [-0.3, -0.25) is 4.98 Å². The van der Waals surface area contributed by atoms with Crippen molar-refractivity contribution >= 4 is 27.3 Å². The van der Waals surface area contributed by atoms with E-state index in [1.54, 1.807) is 31.6 Å². The van der Waals surface area contributed by atoms with Gasteiger partial charge in [0.2, 0.25) is 10.0 Å². The molecule has 4 aromatic rings. The van der Waals surface area contributed by atoms with E-state index in [2.05, 4.69) is 51.4 Å². The molecule has 0 fully saturated rings. The van der Waals surface area contributed by atoms with Crippen LogP contribution in [0.5, 0.6) is 5.75 Å². The van der Waals surface area contributed by atoms with Crippen LogP contribution in [-0.2, 0) is 40.7 Å². The monoisotopic (exact) mass is 619 g/mol. The molecule has 0 atom stereocenters. The lowest BCUT2D eigenvalue weighted by molar-refractivity contribution is -0.192. The van der Waals surface area contributed by atoms with Gasteiger partial charge >= 0.3 is 12.1 Å². The molecule has 13 heteroatoms. The topological polar surface area (TPSA) is 118 Å². The highest BCUT2D eigenvalue weighted by molar-refractivity contribution is 7.91. The van der Waals surface area contributed by atoms with Gasteiger partial charge in [0.15, 0.2) is 0 Å².